The van der Waals surface area contributed by atoms with E-state index in [9.17, 15) is 0 Å². The average molecular weight is 356 g/mol. The van der Waals surface area contributed by atoms with E-state index < -0.39 is 0 Å². The molecule has 0 aliphatic carbocycles. The Labute approximate surface area is 153 Å². The summed E-state index contributed by atoms with van der Waals surface area (Å²) >= 11 is 2.11. The van der Waals surface area contributed by atoms with Crippen LogP contribution in [0, 0.1) is 17.3 Å². The average Bonchev–Trinajstić information content (AvgIpc) is 2.55. The van der Waals surface area contributed by atoms with E-state index in [-0.39, 0.29) is 5.41 Å². The monoisotopic (exact) mass is 355 g/mol. The van der Waals surface area contributed by atoms with Gasteiger partial charge < -0.3 is 15.0 Å². The van der Waals surface area contributed by atoms with Crippen LogP contribution in [0.2, 0.25) is 0 Å². The van der Waals surface area contributed by atoms with Crippen molar-refractivity contribution < 1.29 is 4.74 Å². The number of guanidine groups is 1. The van der Waals surface area contributed by atoms with Gasteiger partial charge in [-0.15, -0.1) is 0 Å². The molecule has 0 radical (unpaired) electrons. The largest absolute Gasteiger partial charge is 0.377 e. The number of thioether (sulfide) groups is 1. The van der Waals surface area contributed by atoms with E-state index in [1.165, 1.54) is 18.6 Å². The third kappa shape index (κ3) is 5.29. The maximum Gasteiger partial charge on any atom is 0.193 e. The zero-order valence-electron chi connectivity index (χ0n) is 16.5. The van der Waals surface area contributed by atoms with Crippen LogP contribution >= 0.6 is 11.8 Å². The van der Waals surface area contributed by atoms with E-state index in [4.69, 9.17) is 4.74 Å². The Balaban J connectivity index is 1.93. The first-order valence-electron chi connectivity index (χ1n) is 9.51. The molecule has 0 bridgehead atoms. The fourth-order valence-corrected chi connectivity index (χ4v) is 5.13. The van der Waals surface area contributed by atoms with Crippen molar-refractivity contribution in [1.29, 1.82) is 0 Å². The van der Waals surface area contributed by atoms with Gasteiger partial charge in [0.25, 0.3) is 0 Å². The fraction of sp³-hybridized carbons (Fsp3) is 0.947. The van der Waals surface area contributed by atoms with Crippen LogP contribution in [0.1, 0.15) is 47.5 Å². The minimum absolute atomic E-state index is 0.195. The summed E-state index contributed by atoms with van der Waals surface area (Å²) in [5, 5.41) is 4.36. The number of rotatable bonds is 3. The third-order valence-corrected chi connectivity index (χ3v) is 6.71. The Morgan fingerprint density at radius 2 is 2.12 bits per heavy atom. The topological polar surface area (TPSA) is 36.9 Å². The summed E-state index contributed by atoms with van der Waals surface area (Å²) in [4.78, 5) is 7.00. The highest BCUT2D eigenvalue weighted by Crippen LogP contribution is 2.33. The quantitative estimate of drug-likeness (QED) is 0.621. The van der Waals surface area contributed by atoms with Crippen LogP contribution in [-0.2, 0) is 4.74 Å². The van der Waals surface area contributed by atoms with Crippen molar-refractivity contribution in [3.63, 3.8) is 0 Å². The number of nitrogens with one attached hydrogen (secondary N) is 1. The number of hydrogen-bond donors (Lipinski definition) is 1. The van der Waals surface area contributed by atoms with Gasteiger partial charge in [-0.05, 0) is 24.2 Å². The van der Waals surface area contributed by atoms with Gasteiger partial charge in [-0.2, -0.15) is 11.8 Å². The van der Waals surface area contributed by atoms with Crippen LogP contribution in [0.5, 0.6) is 0 Å². The molecule has 140 valence electrons. The van der Waals surface area contributed by atoms with Crippen molar-refractivity contribution in [1.82, 2.24) is 10.2 Å². The summed E-state index contributed by atoms with van der Waals surface area (Å²) in [7, 11) is 1.91. The van der Waals surface area contributed by atoms with Crippen molar-refractivity contribution in [2.45, 2.75) is 58.8 Å². The lowest BCUT2D eigenvalue weighted by atomic mass is 9.78. The van der Waals surface area contributed by atoms with Gasteiger partial charge in [0.05, 0.1) is 6.10 Å². The molecule has 2 aliphatic heterocycles. The van der Waals surface area contributed by atoms with Gasteiger partial charge >= 0.3 is 0 Å². The van der Waals surface area contributed by atoms with Gasteiger partial charge in [-0.3, -0.25) is 4.99 Å². The molecule has 3 atom stereocenters. The first-order chi connectivity index (χ1) is 11.3. The first kappa shape index (κ1) is 19.9. The van der Waals surface area contributed by atoms with Crippen molar-refractivity contribution in [2.75, 3.05) is 39.0 Å². The molecule has 0 aromatic heterocycles. The summed E-state index contributed by atoms with van der Waals surface area (Å²) in [5.74, 6) is 3.54. The van der Waals surface area contributed by atoms with Gasteiger partial charge in [0.1, 0.15) is 0 Å². The van der Waals surface area contributed by atoms with Crippen molar-refractivity contribution in [3.05, 3.63) is 0 Å². The smallest absolute Gasteiger partial charge is 0.193 e. The summed E-state index contributed by atoms with van der Waals surface area (Å²) in [5.41, 5.74) is 0.195. The Kier molecular flexibility index (Phi) is 7.29. The molecule has 2 saturated heterocycles. The van der Waals surface area contributed by atoms with E-state index in [0.29, 0.717) is 23.2 Å². The van der Waals surface area contributed by atoms with Crippen LogP contribution < -0.4 is 5.32 Å². The molecule has 3 unspecified atom stereocenters. The predicted molar refractivity (Wildman–Crippen MR) is 106 cm³/mol. The number of hydrogen-bond acceptors (Lipinski definition) is 3. The Bertz CT molecular complexity index is 419. The van der Waals surface area contributed by atoms with Gasteiger partial charge in [-0.25, -0.2) is 0 Å². The van der Waals surface area contributed by atoms with Crippen molar-refractivity contribution in [2.24, 2.45) is 22.2 Å². The van der Waals surface area contributed by atoms with E-state index in [2.05, 4.69) is 61.6 Å². The highest BCUT2D eigenvalue weighted by molar-refractivity contribution is 8.00. The van der Waals surface area contributed by atoms with E-state index >= 15 is 0 Å². The Morgan fingerprint density at radius 1 is 1.38 bits per heavy atom. The van der Waals surface area contributed by atoms with Crippen LogP contribution in [0.3, 0.4) is 0 Å². The molecule has 0 amide bonds. The number of aliphatic imine (C=N–C) groups is 1. The lowest BCUT2D eigenvalue weighted by Gasteiger charge is -2.41. The van der Waals surface area contributed by atoms with Crippen molar-refractivity contribution >= 4 is 17.7 Å². The minimum atomic E-state index is 0.195. The molecule has 2 fully saturated rings. The fourth-order valence-electron chi connectivity index (χ4n) is 3.84. The molecule has 2 aliphatic rings. The summed E-state index contributed by atoms with van der Waals surface area (Å²) in [6.45, 7) is 15.6. The molecule has 2 rings (SSSR count). The van der Waals surface area contributed by atoms with Crippen LogP contribution in [0.25, 0.3) is 0 Å². The summed E-state index contributed by atoms with van der Waals surface area (Å²) in [6.07, 6.45) is 2.75. The van der Waals surface area contributed by atoms with Gasteiger partial charge in [0, 0.05) is 50.2 Å². The van der Waals surface area contributed by atoms with E-state index in [1.54, 1.807) is 0 Å². The van der Waals surface area contributed by atoms with E-state index in [0.717, 1.165) is 32.2 Å². The molecule has 1 N–H and O–H groups in total. The second-order valence-electron chi connectivity index (χ2n) is 8.59. The summed E-state index contributed by atoms with van der Waals surface area (Å²) < 4.78 is 6.12. The normalized spacial score (nSPS) is 29.9. The number of ether oxygens (including phenoxy) is 1. The molecule has 0 spiro atoms. The van der Waals surface area contributed by atoms with Gasteiger partial charge in [0.15, 0.2) is 5.96 Å². The third-order valence-electron chi connectivity index (χ3n) is 5.17. The molecule has 24 heavy (non-hydrogen) atoms. The van der Waals surface area contributed by atoms with Crippen LogP contribution in [0.4, 0.5) is 0 Å². The predicted octanol–water partition coefficient (Wildman–Crippen LogP) is 3.48. The molecular formula is C19H37N3OS. The zero-order valence-corrected chi connectivity index (χ0v) is 17.3. The molecule has 0 aromatic rings. The molecule has 5 heteroatoms. The van der Waals surface area contributed by atoms with Gasteiger partial charge in [0.2, 0.25) is 0 Å². The van der Waals surface area contributed by atoms with Crippen LogP contribution in [0.15, 0.2) is 4.99 Å². The molecule has 0 saturated carbocycles. The maximum atomic E-state index is 6.12. The van der Waals surface area contributed by atoms with Crippen LogP contribution in [-0.4, -0.2) is 61.3 Å². The minimum Gasteiger partial charge on any atom is -0.377 e. The molecule has 0 aromatic carbocycles. The highest BCUT2D eigenvalue weighted by atomic mass is 32.2. The summed E-state index contributed by atoms with van der Waals surface area (Å²) in [6, 6.07) is 0. The van der Waals surface area contributed by atoms with Crippen molar-refractivity contribution in [3.8, 4) is 0 Å². The van der Waals surface area contributed by atoms with E-state index in [1.807, 2.05) is 7.05 Å². The second kappa shape index (κ2) is 8.79. The van der Waals surface area contributed by atoms with Gasteiger partial charge in [-0.1, -0.05) is 34.6 Å². The highest BCUT2D eigenvalue weighted by Gasteiger charge is 2.35. The first-order valence-corrected chi connectivity index (χ1v) is 10.6. The maximum absolute atomic E-state index is 6.12. The molecular weight excluding hydrogens is 318 g/mol. The number of nitrogens with zero attached hydrogens (tertiary/aromatic N) is 2. The lowest BCUT2D eigenvalue weighted by Crippen LogP contribution is -2.52. The Hall–Kier alpha value is -0.420. The Morgan fingerprint density at radius 3 is 2.75 bits per heavy atom. The second-order valence-corrected chi connectivity index (χ2v) is 9.93. The SMILES string of the molecule is CN=C(NCC1CCCOC1C(C)(C)C)N1CCSC(C(C)C)C1. The molecule has 2 heterocycles. The lowest BCUT2D eigenvalue weighted by molar-refractivity contribution is -0.0836. The standard InChI is InChI=1S/C19H37N3OS/c1-14(2)16-13-22(9-11-24-16)18(20-6)21-12-15-8-7-10-23-17(15)19(3,4)5/h14-17H,7-13H2,1-6H3,(H,20,21). The molecule has 4 nitrogen and oxygen atoms in total. The zero-order chi connectivity index (χ0) is 17.7.